The SMILES string of the molecule is CCSc1ncc(-c2csc(-c3cc(C(F)(F)F)c(C#N)c(=O)n3Cc3ccc(F)cc3F)c2)cc1C. The lowest BCUT2D eigenvalue weighted by Crippen LogP contribution is -2.28. The summed E-state index contributed by atoms with van der Waals surface area (Å²) < 4.78 is 70.1. The molecule has 0 bridgehead atoms. The highest BCUT2D eigenvalue weighted by Crippen LogP contribution is 2.37. The first-order valence-electron chi connectivity index (χ1n) is 10.9. The Hall–Kier alpha value is -3.49. The summed E-state index contributed by atoms with van der Waals surface area (Å²) in [6, 6.07) is 8.30. The smallest absolute Gasteiger partial charge is 0.302 e. The van der Waals surface area contributed by atoms with Crippen molar-refractivity contribution in [3.63, 3.8) is 0 Å². The fourth-order valence-corrected chi connectivity index (χ4v) is 5.42. The topological polar surface area (TPSA) is 58.7 Å². The monoisotopic (exact) mass is 547 g/mol. The Balaban J connectivity index is 1.89. The molecule has 4 aromatic rings. The zero-order chi connectivity index (χ0) is 26.9. The number of hydrogen-bond acceptors (Lipinski definition) is 5. The molecular formula is C26H18F5N3OS2. The summed E-state index contributed by atoms with van der Waals surface area (Å²) in [6.45, 7) is 3.42. The molecule has 0 unspecified atom stereocenters. The summed E-state index contributed by atoms with van der Waals surface area (Å²) >= 11 is 2.68. The predicted octanol–water partition coefficient (Wildman–Crippen LogP) is 7.28. The van der Waals surface area contributed by atoms with Crippen LogP contribution in [0.1, 0.15) is 29.2 Å². The van der Waals surface area contributed by atoms with Gasteiger partial charge in [-0.3, -0.25) is 4.79 Å². The van der Waals surface area contributed by atoms with Crippen LogP contribution in [-0.2, 0) is 12.7 Å². The van der Waals surface area contributed by atoms with Gasteiger partial charge in [0.1, 0.15) is 23.3 Å². The minimum atomic E-state index is -4.97. The first-order valence-corrected chi connectivity index (χ1v) is 12.8. The van der Waals surface area contributed by atoms with Gasteiger partial charge in [0.25, 0.3) is 5.56 Å². The van der Waals surface area contributed by atoms with Gasteiger partial charge in [-0.05, 0) is 53.4 Å². The normalized spacial score (nSPS) is 11.5. The van der Waals surface area contributed by atoms with Gasteiger partial charge in [0.2, 0.25) is 0 Å². The molecule has 0 aliphatic rings. The van der Waals surface area contributed by atoms with E-state index >= 15 is 0 Å². The van der Waals surface area contributed by atoms with Crippen LogP contribution < -0.4 is 5.56 Å². The number of thiophene rings is 1. The summed E-state index contributed by atoms with van der Waals surface area (Å²) in [4.78, 5) is 17.9. The van der Waals surface area contributed by atoms with Crippen molar-refractivity contribution in [3.05, 3.63) is 92.2 Å². The van der Waals surface area contributed by atoms with Crippen molar-refractivity contribution in [1.29, 1.82) is 5.26 Å². The van der Waals surface area contributed by atoms with Crippen LogP contribution in [0.15, 0.2) is 57.8 Å². The summed E-state index contributed by atoms with van der Waals surface area (Å²) in [5.41, 5.74) is -1.59. The number of halogens is 5. The van der Waals surface area contributed by atoms with Crippen molar-refractivity contribution in [3.8, 4) is 27.8 Å². The van der Waals surface area contributed by atoms with Crippen LogP contribution in [0.5, 0.6) is 0 Å². The summed E-state index contributed by atoms with van der Waals surface area (Å²) in [7, 11) is 0. The van der Waals surface area contributed by atoms with Crippen LogP contribution in [0.25, 0.3) is 21.7 Å². The average molecular weight is 548 g/mol. The van der Waals surface area contributed by atoms with Gasteiger partial charge in [-0.2, -0.15) is 18.4 Å². The molecule has 190 valence electrons. The van der Waals surface area contributed by atoms with Crippen LogP contribution >= 0.6 is 23.1 Å². The highest BCUT2D eigenvalue weighted by molar-refractivity contribution is 7.99. The Morgan fingerprint density at radius 3 is 2.51 bits per heavy atom. The predicted molar refractivity (Wildman–Crippen MR) is 134 cm³/mol. The minimum absolute atomic E-state index is 0.117. The summed E-state index contributed by atoms with van der Waals surface area (Å²) in [6.07, 6.45) is -3.30. The van der Waals surface area contributed by atoms with Crippen molar-refractivity contribution < 1.29 is 22.0 Å². The Labute approximate surface area is 217 Å². The van der Waals surface area contributed by atoms with E-state index in [4.69, 9.17) is 0 Å². The second-order valence-corrected chi connectivity index (χ2v) is 10.2. The molecule has 0 N–H and O–H groups in total. The van der Waals surface area contributed by atoms with Crippen molar-refractivity contribution in [2.24, 2.45) is 0 Å². The number of nitrogens with zero attached hydrogens (tertiary/aromatic N) is 3. The molecule has 0 saturated carbocycles. The number of pyridine rings is 2. The molecule has 0 radical (unpaired) electrons. The molecule has 0 aliphatic heterocycles. The van der Waals surface area contributed by atoms with Gasteiger partial charge >= 0.3 is 6.18 Å². The van der Waals surface area contributed by atoms with Gasteiger partial charge < -0.3 is 4.57 Å². The van der Waals surface area contributed by atoms with E-state index in [0.717, 1.165) is 56.0 Å². The van der Waals surface area contributed by atoms with Gasteiger partial charge in [0.15, 0.2) is 0 Å². The van der Waals surface area contributed by atoms with E-state index in [1.54, 1.807) is 29.4 Å². The maximum Gasteiger partial charge on any atom is 0.417 e. The molecule has 4 rings (SSSR count). The van der Waals surface area contributed by atoms with Gasteiger partial charge in [-0.15, -0.1) is 23.1 Å². The number of hydrogen-bond donors (Lipinski definition) is 0. The Bertz CT molecular complexity index is 1580. The standard InChI is InChI=1S/C26H18F5N3OS2/c1-3-36-24-14(2)6-16(11-33-24)17-7-23(37-13-17)22-9-20(26(29,30)31)19(10-32)25(35)34(22)12-15-4-5-18(27)8-21(15)28/h4-9,11,13H,3,12H2,1-2H3. The van der Waals surface area contributed by atoms with E-state index in [1.165, 1.54) is 6.07 Å². The lowest BCUT2D eigenvalue weighted by atomic mass is 10.1. The molecule has 11 heteroatoms. The van der Waals surface area contributed by atoms with E-state index in [9.17, 15) is 32.0 Å². The first kappa shape index (κ1) is 26.6. The molecule has 1 aromatic carbocycles. The molecule has 3 aromatic heterocycles. The van der Waals surface area contributed by atoms with E-state index in [2.05, 4.69) is 4.98 Å². The van der Waals surface area contributed by atoms with Crippen LogP contribution in [-0.4, -0.2) is 15.3 Å². The zero-order valence-corrected chi connectivity index (χ0v) is 21.1. The van der Waals surface area contributed by atoms with Crippen molar-refractivity contribution in [2.45, 2.75) is 31.6 Å². The van der Waals surface area contributed by atoms with E-state index in [-0.39, 0.29) is 11.3 Å². The zero-order valence-electron chi connectivity index (χ0n) is 19.5. The highest BCUT2D eigenvalue weighted by Gasteiger charge is 2.36. The van der Waals surface area contributed by atoms with E-state index < -0.39 is 41.0 Å². The van der Waals surface area contributed by atoms with Crippen LogP contribution in [0, 0.1) is 29.9 Å². The molecule has 3 heterocycles. The molecule has 0 saturated heterocycles. The van der Waals surface area contributed by atoms with Crippen molar-refractivity contribution in [2.75, 3.05) is 5.75 Å². The molecule has 37 heavy (non-hydrogen) atoms. The third kappa shape index (κ3) is 5.45. The average Bonchev–Trinajstić information content (AvgIpc) is 3.32. The molecular weight excluding hydrogens is 529 g/mol. The number of thioether (sulfide) groups is 1. The first-order chi connectivity index (χ1) is 17.5. The molecule has 0 atom stereocenters. The van der Waals surface area contributed by atoms with E-state index in [1.807, 2.05) is 19.9 Å². The lowest BCUT2D eigenvalue weighted by molar-refractivity contribution is -0.137. The fourth-order valence-electron chi connectivity index (χ4n) is 3.79. The van der Waals surface area contributed by atoms with Crippen LogP contribution in [0.2, 0.25) is 0 Å². The number of nitriles is 1. The number of aromatic nitrogens is 2. The van der Waals surface area contributed by atoms with Crippen LogP contribution in [0.4, 0.5) is 22.0 Å². The molecule has 4 nitrogen and oxygen atoms in total. The molecule has 0 aliphatic carbocycles. The Kier molecular flexibility index (Phi) is 7.52. The van der Waals surface area contributed by atoms with Crippen molar-refractivity contribution >= 4 is 23.1 Å². The fraction of sp³-hybridized carbons (Fsp3) is 0.192. The largest absolute Gasteiger partial charge is 0.417 e. The third-order valence-corrected chi connectivity index (χ3v) is 7.50. The minimum Gasteiger partial charge on any atom is -0.302 e. The number of alkyl halides is 3. The summed E-state index contributed by atoms with van der Waals surface area (Å²) in [5, 5.41) is 11.9. The van der Waals surface area contributed by atoms with Gasteiger partial charge in [0.05, 0.1) is 27.7 Å². The Morgan fingerprint density at radius 2 is 1.89 bits per heavy atom. The number of rotatable bonds is 6. The Morgan fingerprint density at radius 1 is 1.14 bits per heavy atom. The quantitative estimate of drug-likeness (QED) is 0.188. The van der Waals surface area contributed by atoms with Gasteiger partial charge in [-0.1, -0.05) is 13.0 Å². The number of aryl methyl sites for hydroxylation is 1. The van der Waals surface area contributed by atoms with Crippen molar-refractivity contribution in [1.82, 2.24) is 9.55 Å². The van der Waals surface area contributed by atoms with E-state index in [0.29, 0.717) is 16.5 Å². The third-order valence-electron chi connectivity index (χ3n) is 5.56. The second kappa shape index (κ2) is 10.5. The molecule has 0 spiro atoms. The maximum atomic E-state index is 14.4. The van der Waals surface area contributed by atoms with Gasteiger partial charge in [0, 0.05) is 23.4 Å². The highest BCUT2D eigenvalue weighted by atomic mass is 32.2. The molecule has 0 fully saturated rings. The maximum absolute atomic E-state index is 14.4. The second-order valence-electron chi connectivity index (χ2n) is 8.03. The summed E-state index contributed by atoms with van der Waals surface area (Å²) in [5.74, 6) is -0.953. The lowest BCUT2D eigenvalue weighted by Gasteiger charge is -2.17. The molecule has 0 amide bonds. The number of benzene rings is 1. The van der Waals surface area contributed by atoms with Gasteiger partial charge in [-0.25, -0.2) is 13.8 Å². The van der Waals surface area contributed by atoms with Crippen LogP contribution in [0.3, 0.4) is 0 Å².